The van der Waals surface area contributed by atoms with Gasteiger partial charge in [0, 0.05) is 17.7 Å². The molecule has 0 aromatic rings. The first-order valence-electron chi connectivity index (χ1n) is 6.87. The molecule has 1 fully saturated rings. The topological polar surface area (TPSA) is 55.1 Å². The van der Waals surface area contributed by atoms with E-state index in [1.54, 1.807) is 0 Å². The molecule has 0 saturated heterocycles. The van der Waals surface area contributed by atoms with Crippen molar-refractivity contribution in [1.29, 1.82) is 0 Å². The zero-order chi connectivity index (χ0) is 12.5. The van der Waals surface area contributed by atoms with Gasteiger partial charge in [-0.05, 0) is 44.4 Å². The summed E-state index contributed by atoms with van der Waals surface area (Å²) in [7, 11) is 0. The van der Waals surface area contributed by atoms with Crippen molar-refractivity contribution in [2.75, 3.05) is 12.3 Å². The number of carbonyl (C=O) groups excluding carboxylic acids is 1. The highest BCUT2D eigenvalue weighted by atomic mass is 32.2. The van der Waals surface area contributed by atoms with E-state index in [1.807, 2.05) is 11.8 Å². The second-order valence-corrected chi connectivity index (χ2v) is 6.33. The molecule has 2 unspecified atom stereocenters. The van der Waals surface area contributed by atoms with Crippen LogP contribution in [0.2, 0.25) is 0 Å². The van der Waals surface area contributed by atoms with Gasteiger partial charge in [-0.1, -0.05) is 13.3 Å². The number of rotatable bonds is 8. The van der Waals surface area contributed by atoms with Crippen molar-refractivity contribution in [2.24, 2.45) is 5.73 Å². The molecule has 1 saturated carbocycles. The van der Waals surface area contributed by atoms with Crippen LogP contribution in [0.1, 0.15) is 51.9 Å². The van der Waals surface area contributed by atoms with Crippen molar-refractivity contribution in [1.82, 2.24) is 5.32 Å². The second kappa shape index (κ2) is 8.81. The Bertz CT molecular complexity index is 223. The highest BCUT2D eigenvalue weighted by Gasteiger charge is 2.25. The summed E-state index contributed by atoms with van der Waals surface area (Å²) < 4.78 is 0. The highest BCUT2D eigenvalue weighted by molar-refractivity contribution is 7.99. The highest BCUT2D eigenvalue weighted by Crippen LogP contribution is 2.29. The quantitative estimate of drug-likeness (QED) is 0.657. The van der Waals surface area contributed by atoms with E-state index in [9.17, 15) is 4.79 Å². The van der Waals surface area contributed by atoms with Crippen LogP contribution in [0.4, 0.5) is 0 Å². The molecule has 0 heterocycles. The summed E-state index contributed by atoms with van der Waals surface area (Å²) in [6.45, 7) is 2.94. The molecule has 0 aliphatic heterocycles. The van der Waals surface area contributed by atoms with Gasteiger partial charge < -0.3 is 11.1 Å². The normalized spacial score (nSPS) is 23.9. The Kier molecular flexibility index (Phi) is 7.69. The fraction of sp³-hybridized carbons (Fsp3) is 0.923. The molecule has 0 aromatic heterocycles. The molecule has 2 atom stereocenters. The summed E-state index contributed by atoms with van der Waals surface area (Å²) in [6, 6.07) is 0.432. The van der Waals surface area contributed by atoms with Crippen molar-refractivity contribution >= 4 is 17.7 Å². The molecule has 100 valence electrons. The summed E-state index contributed by atoms with van der Waals surface area (Å²) in [5.74, 6) is 1.42. The van der Waals surface area contributed by atoms with Gasteiger partial charge in [-0.15, -0.1) is 0 Å². The number of hydrogen-bond acceptors (Lipinski definition) is 3. The van der Waals surface area contributed by atoms with Crippen LogP contribution in [0, 0.1) is 0 Å². The Labute approximate surface area is 109 Å². The fourth-order valence-corrected chi connectivity index (χ4v) is 3.51. The largest absolute Gasteiger partial charge is 0.353 e. The molecular weight excluding hydrogens is 232 g/mol. The van der Waals surface area contributed by atoms with Gasteiger partial charge in [0.25, 0.3) is 0 Å². The van der Waals surface area contributed by atoms with Crippen LogP contribution in [0.15, 0.2) is 0 Å². The van der Waals surface area contributed by atoms with E-state index in [-0.39, 0.29) is 5.91 Å². The zero-order valence-electron chi connectivity index (χ0n) is 10.9. The number of nitrogens with two attached hydrogens (primary N) is 1. The van der Waals surface area contributed by atoms with E-state index in [4.69, 9.17) is 5.73 Å². The van der Waals surface area contributed by atoms with E-state index < -0.39 is 0 Å². The summed E-state index contributed by atoms with van der Waals surface area (Å²) in [5, 5.41) is 3.93. The van der Waals surface area contributed by atoms with Crippen molar-refractivity contribution in [2.45, 2.75) is 63.2 Å². The number of carbonyl (C=O) groups is 1. The standard InChI is InChI=1S/C13H26N2OS/c1-2-17-12-8-7-11(10-12)15-13(16)6-4-3-5-9-14/h11-12H,2-10,14H2,1H3,(H,15,16). The SMILES string of the molecule is CCSC1CCC(NC(=O)CCCCCN)C1. The molecule has 1 rings (SSSR count). The number of hydrogen-bond donors (Lipinski definition) is 2. The van der Waals surface area contributed by atoms with Gasteiger partial charge in [0.1, 0.15) is 0 Å². The third-order valence-electron chi connectivity index (χ3n) is 3.26. The maximum Gasteiger partial charge on any atom is 0.220 e. The Morgan fingerprint density at radius 2 is 2.18 bits per heavy atom. The van der Waals surface area contributed by atoms with Crippen molar-refractivity contribution in [3.8, 4) is 0 Å². The number of unbranched alkanes of at least 4 members (excludes halogenated alkanes) is 2. The second-order valence-electron chi connectivity index (χ2n) is 4.75. The van der Waals surface area contributed by atoms with Gasteiger partial charge in [-0.3, -0.25) is 4.79 Å². The number of nitrogens with one attached hydrogen (secondary N) is 1. The monoisotopic (exact) mass is 258 g/mol. The first-order chi connectivity index (χ1) is 8.26. The number of thioether (sulfide) groups is 1. The lowest BCUT2D eigenvalue weighted by Crippen LogP contribution is -2.32. The summed E-state index contributed by atoms with van der Waals surface area (Å²) >= 11 is 2.03. The lowest BCUT2D eigenvalue weighted by molar-refractivity contribution is -0.121. The minimum Gasteiger partial charge on any atom is -0.353 e. The van der Waals surface area contributed by atoms with Crippen molar-refractivity contribution in [3.63, 3.8) is 0 Å². The first kappa shape index (κ1) is 14.8. The summed E-state index contributed by atoms with van der Waals surface area (Å²) in [6.07, 6.45) is 7.33. The third kappa shape index (κ3) is 6.32. The maximum atomic E-state index is 11.7. The molecule has 0 bridgehead atoms. The minimum atomic E-state index is 0.231. The van der Waals surface area contributed by atoms with Gasteiger partial charge in [0.15, 0.2) is 0 Å². The van der Waals surface area contributed by atoms with Crippen LogP contribution in [-0.2, 0) is 4.79 Å². The third-order valence-corrected chi connectivity index (χ3v) is 4.49. The Morgan fingerprint density at radius 1 is 1.35 bits per heavy atom. The Morgan fingerprint density at radius 3 is 2.88 bits per heavy atom. The van der Waals surface area contributed by atoms with E-state index in [0.717, 1.165) is 43.9 Å². The molecule has 3 nitrogen and oxygen atoms in total. The Balaban J connectivity index is 2.07. The van der Waals surface area contributed by atoms with Crippen LogP contribution in [0.25, 0.3) is 0 Å². The molecule has 4 heteroatoms. The lowest BCUT2D eigenvalue weighted by Gasteiger charge is -2.13. The molecular formula is C13H26N2OS. The average molecular weight is 258 g/mol. The zero-order valence-corrected chi connectivity index (χ0v) is 11.7. The molecule has 0 spiro atoms. The average Bonchev–Trinajstić information content (AvgIpc) is 2.73. The molecule has 3 N–H and O–H groups in total. The molecule has 0 radical (unpaired) electrons. The van der Waals surface area contributed by atoms with Crippen LogP contribution < -0.4 is 11.1 Å². The molecule has 1 aliphatic carbocycles. The van der Waals surface area contributed by atoms with Crippen LogP contribution in [0.3, 0.4) is 0 Å². The van der Waals surface area contributed by atoms with Crippen molar-refractivity contribution < 1.29 is 4.79 Å². The van der Waals surface area contributed by atoms with Gasteiger partial charge in [-0.25, -0.2) is 0 Å². The maximum absolute atomic E-state index is 11.7. The summed E-state index contributed by atoms with van der Waals surface area (Å²) in [5.41, 5.74) is 5.42. The minimum absolute atomic E-state index is 0.231. The summed E-state index contributed by atoms with van der Waals surface area (Å²) in [4.78, 5) is 11.7. The molecule has 0 aromatic carbocycles. The lowest BCUT2D eigenvalue weighted by atomic mass is 10.1. The van der Waals surface area contributed by atoms with E-state index in [0.29, 0.717) is 12.5 Å². The van der Waals surface area contributed by atoms with E-state index in [1.165, 1.54) is 12.2 Å². The van der Waals surface area contributed by atoms with Gasteiger partial charge in [0.2, 0.25) is 5.91 Å². The van der Waals surface area contributed by atoms with Crippen LogP contribution in [-0.4, -0.2) is 29.5 Å². The predicted octanol–water partition coefficient (Wildman–Crippen LogP) is 2.30. The van der Waals surface area contributed by atoms with Crippen LogP contribution in [0.5, 0.6) is 0 Å². The van der Waals surface area contributed by atoms with E-state index >= 15 is 0 Å². The van der Waals surface area contributed by atoms with E-state index in [2.05, 4.69) is 12.2 Å². The molecule has 1 amide bonds. The van der Waals surface area contributed by atoms with Gasteiger partial charge in [0.05, 0.1) is 0 Å². The van der Waals surface area contributed by atoms with Crippen LogP contribution >= 0.6 is 11.8 Å². The van der Waals surface area contributed by atoms with Gasteiger partial charge >= 0.3 is 0 Å². The van der Waals surface area contributed by atoms with Gasteiger partial charge in [-0.2, -0.15) is 11.8 Å². The van der Waals surface area contributed by atoms with Crippen molar-refractivity contribution in [3.05, 3.63) is 0 Å². The Hall–Kier alpha value is -0.220. The number of amides is 1. The predicted molar refractivity (Wildman–Crippen MR) is 75.2 cm³/mol. The smallest absolute Gasteiger partial charge is 0.220 e. The fourth-order valence-electron chi connectivity index (χ4n) is 2.36. The molecule has 17 heavy (non-hydrogen) atoms. The first-order valence-corrected chi connectivity index (χ1v) is 7.92. The molecule has 1 aliphatic rings.